The Labute approximate surface area is 134 Å². The number of ether oxygens (including phenoxy) is 1. The molecule has 3 rings (SSSR count). The number of nitrogens with zero attached hydrogens (tertiary/aromatic N) is 2. The van der Waals surface area contributed by atoms with Crippen LogP contribution in [0.3, 0.4) is 0 Å². The first-order valence-electron chi connectivity index (χ1n) is 7.71. The Morgan fingerprint density at radius 3 is 2.35 bits per heavy atom. The Morgan fingerprint density at radius 1 is 1.00 bits per heavy atom. The molecular weight excluding hydrogens is 292 g/mol. The molecule has 2 heterocycles. The van der Waals surface area contributed by atoms with Crippen LogP contribution in [-0.4, -0.2) is 34.8 Å². The van der Waals surface area contributed by atoms with E-state index in [1.54, 1.807) is 35.2 Å². The summed E-state index contributed by atoms with van der Waals surface area (Å²) in [4.78, 5) is 30.8. The predicted octanol–water partition coefficient (Wildman–Crippen LogP) is 2.60. The summed E-state index contributed by atoms with van der Waals surface area (Å²) in [6, 6.07) is 14.1. The number of amides is 1. The fourth-order valence-corrected chi connectivity index (χ4v) is 2.64. The van der Waals surface area contributed by atoms with Crippen molar-refractivity contribution in [2.75, 3.05) is 13.1 Å². The van der Waals surface area contributed by atoms with Gasteiger partial charge in [0.2, 0.25) is 6.10 Å². The third kappa shape index (κ3) is 3.56. The van der Waals surface area contributed by atoms with Crippen molar-refractivity contribution < 1.29 is 14.3 Å². The van der Waals surface area contributed by atoms with Gasteiger partial charge in [-0.3, -0.25) is 4.79 Å². The van der Waals surface area contributed by atoms with Crippen molar-refractivity contribution in [3.8, 4) is 0 Å². The summed E-state index contributed by atoms with van der Waals surface area (Å²) >= 11 is 0. The van der Waals surface area contributed by atoms with E-state index in [4.69, 9.17) is 4.74 Å². The van der Waals surface area contributed by atoms with E-state index in [0.29, 0.717) is 18.7 Å². The lowest BCUT2D eigenvalue weighted by atomic mass is 10.1. The van der Waals surface area contributed by atoms with Gasteiger partial charge < -0.3 is 9.64 Å². The average molecular weight is 310 g/mol. The number of likely N-dealkylation sites (tertiary alicyclic amines) is 1. The molecule has 1 atom stereocenters. The zero-order valence-corrected chi connectivity index (χ0v) is 12.7. The van der Waals surface area contributed by atoms with Crippen molar-refractivity contribution >= 4 is 11.9 Å². The smallest absolute Gasteiger partial charge is 0.358 e. The monoisotopic (exact) mass is 310 g/mol. The van der Waals surface area contributed by atoms with Gasteiger partial charge in [0, 0.05) is 24.8 Å². The van der Waals surface area contributed by atoms with Crippen molar-refractivity contribution in [1.82, 2.24) is 9.88 Å². The molecule has 0 unspecified atom stereocenters. The van der Waals surface area contributed by atoms with Crippen molar-refractivity contribution in [1.29, 1.82) is 0 Å². The highest BCUT2D eigenvalue weighted by Crippen LogP contribution is 2.23. The molecular formula is C18H18N2O3. The van der Waals surface area contributed by atoms with Crippen LogP contribution in [0, 0.1) is 0 Å². The Hall–Kier alpha value is -2.69. The fraction of sp³-hybridized carbons (Fsp3) is 0.278. The zero-order valence-electron chi connectivity index (χ0n) is 12.7. The molecule has 1 aromatic carbocycles. The highest BCUT2D eigenvalue weighted by atomic mass is 16.5. The van der Waals surface area contributed by atoms with Crippen LogP contribution in [0.15, 0.2) is 54.7 Å². The molecule has 5 heteroatoms. The number of carbonyl (C=O) groups is 2. The Bertz CT molecular complexity index is 667. The first-order valence-corrected chi connectivity index (χ1v) is 7.71. The molecule has 23 heavy (non-hydrogen) atoms. The normalized spacial score (nSPS) is 15.2. The topological polar surface area (TPSA) is 59.5 Å². The highest BCUT2D eigenvalue weighted by Gasteiger charge is 2.31. The van der Waals surface area contributed by atoms with Crippen molar-refractivity contribution in [2.45, 2.75) is 18.9 Å². The molecule has 118 valence electrons. The molecule has 0 aliphatic carbocycles. The lowest BCUT2D eigenvalue weighted by Crippen LogP contribution is -2.35. The van der Waals surface area contributed by atoms with Crippen LogP contribution in [0.1, 0.15) is 35.0 Å². The molecule has 1 aliphatic rings. The molecule has 0 saturated carbocycles. The lowest BCUT2D eigenvalue weighted by molar-refractivity contribution is -0.140. The molecule has 1 aromatic heterocycles. The second kappa shape index (κ2) is 7.05. The van der Waals surface area contributed by atoms with Crippen LogP contribution in [0.25, 0.3) is 0 Å². The average Bonchev–Trinajstić information content (AvgIpc) is 3.15. The Kier molecular flexibility index (Phi) is 4.66. The van der Waals surface area contributed by atoms with Gasteiger partial charge in [0.15, 0.2) is 0 Å². The minimum Gasteiger partial charge on any atom is -0.443 e. The summed E-state index contributed by atoms with van der Waals surface area (Å²) in [6.45, 7) is 1.42. The summed E-state index contributed by atoms with van der Waals surface area (Å²) in [5.74, 6) is -0.759. The van der Waals surface area contributed by atoms with E-state index in [-0.39, 0.29) is 11.6 Å². The van der Waals surface area contributed by atoms with E-state index in [9.17, 15) is 9.59 Å². The lowest BCUT2D eigenvalue weighted by Gasteiger charge is -2.23. The number of carbonyl (C=O) groups excluding carboxylic acids is 2. The molecule has 1 saturated heterocycles. The number of hydrogen-bond donors (Lipinski definition) is 0. The van der Waals surface area contributed by atoms with Crippen LogP contribution in [0.2, 0.25) is 0 Å². The van der Waals surface area contributed by atoms with E-state index in [1.165, 1.54) is 6.20 Å². The molecule has 1 aliphatic heterocycles. The van der Waals surface area contributed by atoms with Crippen molar-refractivity contribution in [3.63, 3.8) is 0 Å². The largest absolute Gasteiger partial charge is 0.443 e. The van der Waals surface area contributed by atoms with Crippen LogP contribution < -0.4 is 0 Å². The molecule has 1 fully saturated rings. The fourth-order valence-electron chi connectivity index (χ4n) is 2.64. The second-order valence-corrected chi connectivity index (χ2v) is 5.44. The van der Waals surface area contributed by atoms with E-state index >= 15 is 0 Å². The minimum absolute atomic E-state index is 0.169. The molecule has 5 nitrogen and oxygen atoms in total. The summed E-state index contributed by atoms with van der Waals surface area (Å²) < 4.78 is 5.50. The summed E-state index contributed by atoms with van der Waals surface area (Å²) in [5, 5.41) is 0. The van der Waals surface area contributed by atoms with Crippen molar-refractivity contribution in [2.24, 2.45) is 0 Å². The van der Waals surface area contributed by atoms with Gasteiger partial charge in [-0.05, 0) is 25.0 Å². The van der Waals surface area contributed by atoms with Gasteiger partial charge in [0.25, 0.3) is 5.91 Å². The van der Waals surface area contributed by atoms with Crippen LogP contribution in [-0.2, 0) is 9.53 Å². The number of esters is 1. The predicted molar refractivity (Wildman–Crippen MR) is 84.6 cm³/mol. The van der Waals surface area contributed by atoms with Gasteiger partial charge in [-0.1, -0.05) is 36.4 Å². The zero-order chi connectivity index (χ0) is 16.1. The van der Waals surface area contributed by atoms with Gasteiger partial charge in [0.1, 0.15) is 5.69 Å². The standard InChI is InChI=1S/C18H18N2O3/c21-17(20-12-6-7-13-20)16(14-8-2-1-3-9-14)23-18(22)15-10-4-5-11-19-15/h1-5,8-11,16H,6-7,12-13H2/t16-/m0/s1. The number of aromatic nitrogens is 1. The summed E-state index contributed by atoms with van der Waals surface area (Å²) in [7, 11) is 0. The van der Waals surface area contributed by atoms with Gasteiger partial charge >= 0.3 is 5.97 Å². The number of benzene rings is 1. The van der Waals surface area contributed by atoms with Crippen LogP contribution >= 0.6 is 0 Å². The maximum Gasteiger partial charge on any atom is 0.358 e. The maximum atomic E-state index is 12.7. The molecule has 1 amide bonds. The minimum atomic E-state index is -0.927. The number of pyridine rings is 1. The Balaban J connectivity index is 1.83. The molecule has 0 bridgehead atoms. The third-order valence-electron chi connectivity index (χ3n) is 3.84. The van der Waals surface area contributed by atoms with Crippen LogP contribution in [0.5, 0.6) is 0 Å². The summed E-state index contributed by atoms with van der Waals surface area (Å²) in [6.07, 6.45) is 2.57. The number of hydrogen-bond acceptors (Lipinski definition) is 4. The first-order chi connectivity index (χ1) is 11.3. The molecule has 0 spiro atoms. The SMILES string of the molecule is O=C(O[C@H](C(=O)N1CCCC1)c1ccccc1)c1ccccn1. The first kappa shape index (κ1) is 15.2. The van der Waals surface area contributed by atoms with E-state index < -0.39 is 12.1 Å². The van der Waals surface area contributed by atoms with Gasteiger partial charge in [-0.25, -0.2) is 9.78 Å². The highest BCUT2D eigenvalue weighted by molar-refractivity contribution is 5.91. The van der Waals surface area contributed by atoms with E-state index in [1.807, 2.05) is 18.2 Å². The number of rotatable bonds is 4. The summed E-state index contributed by atoms with van der Waals surface area (Å²) in [5.41, 5.74) is 0.872. The van der Waals surface area contributed by atoms with Gasteiger partial charge in [0.05, 0.1) is 0 Å². The maximum absolute atomic E-state index is 12.7. The third-order valence-corrected chi connectivity index (χ3v) is 3.84. The molecule has 2 aromatic rings. The van der Waals surface area contributed by atoms with E-state index in [2.05, 4.69) is 4.98 Å². The Morgan fingerprint density at radius 2 is 1.70 bits per heavy atom. The quantitative estimate of drug-likeness (QED) is 0.815. The van der Waals surface area contributed by atoms with Gasteiger partial charge in [-0.2, -0.15) is 0 Å². The second-order valence-electron chi connectivity index (χ2n) is 5.44. The van der Waals surface area contributed by atoms with Crippen LogP contribution in [0.4, 0.5) is 0 Å². The molecule has 0 N–H and O–H groups in total. The van der Waals surface area contributed by atoms with Gasteiger partial charge in [-0.15, -0.1) is 0 Å². The van der Waals surface area contributed by atoms with E-state index in [0.717, 1.165) is 12.8 Å². The van der Waals surface area contributed by atoms with Crippen molar-refractivity contribution in [3.05, 3.63) is 66.0 Å². The molecule has 0 radical (unpaired) electrons.